The van der Waals surface area contributed by atoms with Gasteiger partial charge in [0.1, 0.15) is 11.8 Å². The normalized spacial score (nSPS) is 14.8. The Labute approximate surface area is 193 Å². The Kier molecular flexibility index (Phi) is 8.61. The monoisotopic (exact) mass is 462 g/mol. The van der Waals surface area contributed by atoms with Gasteiger partial charge in [-0.25, -0.2) is 0 Å². The van der Waals surface area contributed by atoms with Crippen molar-refractivity contribution in [1.29, 1.82) is 0 Å². The van der Waals surface area contributed by atoms with E-state index in [4.69, 9.17) is 27.9 Å². The van der Waals surface area contributed by atoms with Gasteiger partial charge in [0.25, 0.3) is 5.91 Å². The van der Waals surface area contributed by atoms with Gasteiger partial charge >= 0.3 is 0 Å². The van der Waals surface area contributed by atoms with Crippen LogP contribution in [0.1, 0.15) is 44.6 Å². The Morgan fingerprint density at radius 3 is 2.35 bits per heavy atom. The van der Waals surface area contributed by atoms with E-state index in [1.807, 2.05) is 25.1 Å². The predicted octanol–water partition coefficient (Wildman–Crippen LogP) is 5.24. The Balaban J connectivity index is 1.78. The van der Waals surface area contributed by atoms with Crippen LogP contribution in [-0.2, 0) is 16.1 Å². The van der Waals surface area contributed by atoms with E-state index >= 15 is 0 Å². The second-order valence-corrected chi connectivity index (χ2v) is 8.56. The lowest BCUT2D eigenvalue weighted by atomic mass is 10.1. The van der Waals surface area contributed by atoms with E-state index < -0.39 is 6.04 Å². The number of halogens is 2. The van der Waals surface area contributed by atoms with Crippen LogP contribution in [-0.4, -0.2) is 35.4 Å². The fourth-order valence-electron chi connectivity index (χ4n) is 3.88. The highest BCUT2D eigenvalue weighted by Crippen LogP contribution is 2.24. The van der Waals surface area contributed by atoms with Gasteiger partial charge in [0.05, 0.1) is 5.02 Å². The van der Waals surface area contributed by atoms with Crippen LogP contribution >= 0.6 is 23.2 Å². The van der Waals surface area contributed by atoms with Crippen LogP contribution in [0.15, 0.2) is 48.5 Å². The molecule has 7 heteroatoms. The number of amides is 2. The molecular weight excluding hydrogens is 435 g/mol. The number of ether oxygens (including phenoxy) is 1. The highest BCUT2D eigenvalue weighted by atomic mass is 35.5. The molecule has 1 fully saturated rings. The van der Waals surface area contributed by atoms with Gasteiger partial charge in [-0.2, -0.15) is 0 Å². The largest absolute Gasteiger partial charge is 0.482 e. The summed E-state index contributed by atoms with van der Waals surface area (Å²) in [7, 11) is 0. The molecule has 0 aromatic heterocycles. The first-order valence-electron chi connectivity index (χ1n) is 10.7. The van der Waals surface area contributed by atoms with Gasteiger partial charge in [-0.05, 0) is 43.0 Å². The molecule has 2 aromatic rings. The summed E-state index contributed by atoms with van der Waals surface area (Å²) < 4.78 is 5.67. The Bertz CT molecular complexity index is 900. The van der Waals surface area contributed by atoms with Gasteiger partial charge in [-0.1, -0.05) is 73.3 Å². The second-order valence-electron chi connectivity index (χ2n) is 7.75. The standard InChI is InChI=1S/C24H28Cl2N2O3/c1-2-21(24(30)27-18-10-4-5-11-18)28(15-17-9-3-6-12-19(17)25)23(29)16-31-22-14-8-7-13-20(22)26/h3,6-9,12-14,18,21H,2,4-5,10-11,15-16H2,1H3,(H,27,30)/t21-/m0/s1. The van der Waals surface area contributed by atoms with Gasteiger partial charge in [0.2, 0.25) is 5.91 Å². The number of carbonyl (C=O) groups excluding carboxylic acids is 2. The van der Waals surface area contributed by atoms with Gasteiger partial charge in [0, 0.05) is 17.6 Å². The summed E-state index contributed by atoms with van der Waals surface area (Å²) in [6.07, 6.45) is 4.69. The number of benzene rings is 2. The highest BCUT2D eigenvalue weighted by Gasteiger charge is 2.31. The number of hydrogen-bond donors (Lipinski definition) is 1. The molecule has 0 spiro atoms. The maximum Gasteiger partial charge on any atom is 0.261 e. The van der Waals surface area contributed by atoms with Crippen LogP contribution in [0.5, 0.6) is 5.75 Å². The number of rotatable bonds is 9. The van der Waals surface area contributed by atoms with Crippen molar-refractivity contribution in [3.63, 3.8) is 0 Å². The Morgan fingerprint density at radius 1 is 1.06 bits per heavy atom. The van der Waals surface area contributed by atoms with E-state index in [2.05, 4.69) is 5.32 Å². The molecule has 1 aliphatic rings. The Hall–Kier alpha value is -2.24. The molecule has 2 amide bonds. The molecule has 31 heavy (non-hydrogen) atoms. The van der Waals surface area contributed by atoms with E-state index in [-0.39, 0.29) is 31.0 Å². The minimum Gasteiger partial charge on any atom is -0.482 e. The molecule has 3 rings (SSSR count). The van der Waals surface area contributed by atoms with Crippen molar-refractivity contribution >= 4 is 35.0 Å². The van der Waals surface area contributed by atoms with Crippen LogP contribution in [0.2, 0.25) is 10.0 Å². The first-order valence-corrected chi connectivity index (χ1v) is 11.5. The maximum atomic E-state index is 13.2. The molecular formula is C24H28Cl2N2O3. The summed E-state index contributed by atoms with van der Waals surface area (Å²) in [4.78, 5) is 27.9. The lowest BCUT2D eigenvalue weighted by Gasteiger charge is -2.31. The van der Waals surface area contributed by atoms with Crippen molar-refractivity contribution in [2.24, 2.45) is 0 Å². The molecule has 166 valence electrons. The van der Waals surface area contributed by atoms with E-state index in [1.165, 1.54) is 0 Å². The summed E-state index contributed by atoms with van der Waals surface area (Å²) in [6.45, 7) is 1.91. The summed E-state index contributed by atoms with van der Waals surface area (Å²) in [5.74, 6) is -0.000487. The first-order chi connectivity index (χ1) is 15.0. The van der Waals surface area contributed by atoms with E-state index in [9.17, 15) is 9.59 Å². The molecule has 1 N–H and O–H groups in total. The van der Waals surface area contributed by atoms with Crippen LogP contribution in [0.4, 0.5) is 0 Å². The predicted molar refractivity (Wildman–Crippen MR) is 123 cm³/mol. The summed E-state index contributed by atoms with van der Waals surface area (Å²) in [5.41, 5.74) is 0.780. The molecule has 0 unspecified atom stereocenters. The van der Waals surface area contributed by atoms with E-state index in [0.717, 1.165) is 31.2 Å². The summed E-state index contributed by atoms with van der Waals surface area (Å²) in [5, 5.41) is 4.10. The molecule has 0 radical (unpaired) electrons. The number of para-hydroxylation sites is 1. The quantitative estimate of drug-likeness (QED) is 0.554. The smallest absolute Gasteiger partial charge is 0.261 e. The molecule has 0 saturated heterocycles. The van der Waals surface area contributed by atoms with Crippen molar-refractivity contribution in [1.82, 2.24) is 10.2 Å². The van der Waals surface area contributed by atoms with Crippen molar-refractivity contribution in [2.75, 3.05) is 6.61 Å². The third kappa shape index (κ3) is 6.37. The molecule has 1 aliphatic carbocycles. The lowest BCUT2D eigenvalue weighted by Crippen LogP contribution is -2.52. The van der Waals surface area contributed by atoms with E-state index in [1.54, 1.807) is 35.2 Å². The third-order valence-corrected chi connectivity index (χ3v) is 6.25. The maximum absolute atomic E-state index is 13.2. The second kappa shape index (κ2) is 11.4. The minimum atomic E-state index is -0.612. The number of nitrogens with one attached hydrogen (secondary N) is 1. The summed E-state index contributed by atoms with van der Waals surface area (Å²) >= 11 is 12.5. The Morgan fingerprint density at radius 2 is 1.71 bits per heavy atom. The molecule has 1 saturated carbocycles. The zero-order valence-electron chi connectivity index (χ0n) is 17.7. The van der Waals surface area contributed by atoms with Crippen molar-refractivity contribution in [3.05, 3.63) is 64.1 Å². The molecule has 5 nitrogen and oxygen atoms in total. The van der Waals surface area contributed by atoms with Gasteiger partial charge in [0.15, 0.2) is 6.61 Å². The van der Waals surface area contributed by atoms with Crippen LogP contribution in [0.25, 0.3) is 0 Å². The van der Waals surface area contributed by atoms with Crippen molar-refractivity contribution in [3.8, 4) is 5.75 Å². The van der Waals surface area contributed by atoms with Gasteiger partial charge < -0.3 is 15.0 Å². The summed E-state index contributed by atoms with van der Waals surface area (Å²) in [6, 6.07) is 13.9. The van der Waals surface area contributed by atoms with Crippen LogP contribution < -0.4 is 10.1 Å². The number of nitrogens with zero attached hydrogens (tertiary/aromatic N) is 1. The first kappa shape index (κ1) is 23.4. The SMILES string of the molecule is CC[C@@H](C(=O)NC1CCCC1)N(Cc1ccccc1Cl)C(=O)COc1ccccc1Cl. The van der Waals surface area contributed by atoms with Gasteiger partial charge in [-0.15, -0.1) is 0 Å². The molecule has 0 heterocycles. The fourth-order valence-corrected chi connectivity index (χ4v) is 4.27. The van der Waals surface area contributed by atoms with Crippen LogP contribution in [0, 0.1) is 0 Å². The average molecular weight is 463 g/mol. The number of hydrogen-bond acceptors (Lipinski definition) is 3. The van der Waals surface area contributed by atoms with Crippen molar-refractivity contribution in [2.45, 2.75) is 57.7 Å². The van der Waals surface area contributed by atoms with Crippen molar-refractivity contribution < 1.29 is 14.3 Å². The van der Waals surface area contributed by atoms with Gasteiger partial charge in [-0.3, -0.25) is 9.59 Å². The average Bonchev–Trinajstić information content (AvgIpc) is 3.27. The minimum absolute atomic E-state index is 0.132. The molecule has 0 bridgehead atoms. The third-order valence-electron chi connectivity index (χ3n) is 5.57. The van der Waals surface area contributed by atoms with E-state index in [0.29, 0.717) is 22.2 Å². The lowest BCUT2D eigenvalue weighted by molar-refractivity contribution is -0.143. The topological polar surface area (TPSA) is 58.6 Å². The zero-order valence-corrected chi connectivity index (χ0v) is 19.2. The zero-order chi connectivity index (χ0) is 22.2. The highest BCUT2D eigenvalue weighted by molar-refractivity contribution is 6.32. The number of carbonyl (C=O) groups is 2. The fraction of sp³-hybridized carbons (Fsp3) is 0.417. The molecule has 2 aromatic carbocycles. The molecule has 0 aliphatic heterocycles. The van der Waals surface area contributed by atoms with Crippen LogP contribution in [0.3, 0.4) is 0 Å². The molecule has 1 atom stereocenters.